The van der Waals surface area contributed by atoms with Crippen LogP contribution in [0.4, 0.5) is 0 Å². The molecule has 4 unspecified atom stereocenters. The third-order valence-corrected chi connectivity index (χ3v) is 24.5. The van der Waals surface area contributed by atoms with Gasteiger partial charge in [-0.25, -0.2) is 0 Å². The smallest absolute Gasteiger partial charge is 0.194 e. The highest BCUT2D eigenvalue weighted by molar-refractivity contribution is 6.10. The van der Waals surface area contributed by atoms with Crippen LogP contribution in [-0.4, -0.2) is 0 Å². The average molecular weight is 1270 g/mol. The Labute approximate surface area is 581 Å². The summed E-state index contributed by atoms with van der Waals surface area (Å²) in [5, 5.41) is 0. The van der Waals surface area contributed by atoms with E-state index >= 15 is 0 Å². The Morgan fingerprint density at radius 2 is 0.747 bits per heavy atom. The molecule has 6 heterocycles. The van der Waals surface area contributed by atoms with E-state index in [0.717, 1.165) is 0 Å². The molecule has 4 spiro atoms. The zero-order chi connectivity index (χ0) is 66.6. The van der Waals surface area contributed by atoms with Crippen LogP contribution < -0.4 is 13.7 Å². The Morgan fingerprint density at radius 1 is 0.313 bits per heavy atom. The molecule has 6 aliphatic carbocycles. The molecular formula is C96H76N3+3. The molecule has 99 heavy (non-hydrogen) atoms. The summed E-state index contributed by atoms with van der Waals surface area (Å²) < 4.78 is 8.23. The Morgan fingerprint density at radius 3 is 1.31 bits per heavy atom. The summed E-state index contributed by atoms with van der Waals surface area (Å²) in [6.07, 6.45) is 21.6. The van der Waals surface area contributed by atoms with Gasteiger partial charge in [0.05, 0.1) is 16.7 Å². The fourth-order valence-electron chi connectivity index (χ4n) is 19.8. The van der Waals surface area contributed by atoms with Crippen LogP contribution in [-0.2, 0) is 44.7 Å². The molecule has 1 fully saturated rings. The molecule has 0 amide bonds. The van der Waals surface area contributed by atoms with Gasteiger partial charge in [0.15, 0.2) is 25.1 Å². The first kappa shape index (κ1) is 57.2. The van der Waals surface area contributed by atoms with E-state index in [1.807, 2.05) is 0 Å². The summed E-state index contributed by atoms with van der Waals surface area (Å²) in [5.74, 6) is 0. The first-order valence-corrected chi connectivity index (χ1v) is 35.7. The van der Waals surface area contributed by atoms with Gasteiger partial charge >= 0.3 is 0 Å². The number of pyridine rings is 3. The lowest BCUT2D eigenvalue weighted by Gasteiger charge is -2.49. The minimum atomic E-state index is -0.920. The van der Waals surface area contributed by atoms with E-state index in [9.17, 15) is 0 Å². The van der Waals surface area contributed by atoms with Gasteiger partial charge < -0.3 is 0 Å². The lowest BCUT2D eigenvalue weighted by molar-refractivity contribution is -0.736. The molecule has 3 nitrogen and oxygen atoms in total. The molecule has 12 aromatic rings. The number of benzene rings is 9. The van der Waals surface area contributed by atoms with Crippen molar-refractivity contribution >= 4 is 22.3 Å². The molecule has 21 rings (SSSR count). The Bertz CT molecular complexity index is 5870. The molecular weight excluding hydrogens is 1200 g/mol. The fourth-order valence-corrected chi connectivity index (χ4v) is 19.8. The van der Waals surface area contributed by atoms with Gasteiger partial charge in [0, 0.05) is 64.8 Å². The molecule has 4 atom stereocenters. The summed E-state index contributed by atoms with van der Waals surface area (Å²) in [4.78, 5) is 0. The molecule has 14 bridgehead atoms. The maximum atomic E-state index is 2.92. The number of hydrogen-bond donors (Lipinski definition) is 0. The van der Waals surface area contributed by atoms with Gasteiger partial charge in [-0.2, -0.15) is 13.7 Å². The first-order chi connectivity index (χ1) is 47.9. The predicted octanol–water partition coefficient (Wildman–Crippen LogP) is 21.3. The summed E-state index contributed by atoms with van der Waals surface area (Å²) in [6.45, 7) is 22.0. The Balaban J connectivity index is 1.02. The summed E-state index contributed by atoms with van der Waals surface area (Å²) >= 11 is 0. The van der Waals surface area contributed by atoms with Crippen molar-refractivity contribution in [3.05, 3.63) is 341 Å². The molecule has 0 saturated heterocycles. The van der Waals surface area contributed by atoms with Crippen molar-refractivity contribution in [3.8, 4) is 101 Å². The highest BCUT2D eigenvalue weighted by atomic mass is 15.2. The molecule has 0 radical (unpaired) electrons. The Hall–Kier alpha value is -10.9. The van der Waals surface area contributed by atoms with Crippen LogP contribution in [0, 0.1) is 0 Å². The number of fused-ring (bicyclic) bond motifs is 18. The van der Waals surface area contributed by atoms with Crippen LogP contribution in [0.15, 0.2) is 291 Å². The summed E-state index contributed by atoms with van der Waals surface area (Å²) in [7, 11) is 0. The second-order valence-corrected chi connectivity index (χ2v) is 32.7. The van der Waals surface area contributed by atoms with Gasteiger partial charge in [-0.15, -0.1) is 0 Å². The number of rotatable bonds is 3. The number of nitrogens with zero attached hydrogens (tertiary/aromatic N) is 3. The average Bonchev–Trinajstić information content (AvgIpc) is 1.43. The number of hydrogen-bond acceptors (Lipinski definition) is 0. The maximum Gasteiger partial charge on any atom is 0.233 e. The number of aromatic nitrogens is 3. The molecule has 9 aromatic carbocycles. The maximum absolute atomic E-state index is 2.92. The van der Waals surface area contributed by atoms with Gasteiger partial charge in [-0.05, 0) is 181 Å². The largest absolute Gasteiger partial charge is 0.233 e. The predicted molar refractivity (Wildman–Crippen MR) is 404 cm³/mol. The van der Waals surface area contributed by atoms with E-state index in [-0.39, 0.29) is 16.2 Å². The molecule has 3 aliphatic heterocycles. The van der Waals surface area contributed by atoms with Gasteiger partial charge in [-0.3, -0.25) is 0 Å². The van der Waals surface area contributed by atoms with E-state index < -0.39 is 21.9 Å². The molecule has 3 heteroatoms. The van der Waals surface area contributed by atoms with Crippen molar-refractivity contribution in [2.45, 2.75) is 107 Å². The summed E-state index contributed by atoms with van der Waals surface area (Å²) in [5.41, 5.74) is 36.7. The normalized spacial score (nSPS) is 21.7. The first-order valence-electron chi connectivity index (χ1n) is 35.7. The third kappa shape index (κ3) is 7.25. The van der Waals surface area contributed by atoms with Crippen LogP contribution in [0.25, 0.3) is 123 Å². The van der Waals surface area contributed by atoms with Crippen LogP contribution in [0.5, 0.6) is 0 Å². The quantitative estimate of drug-likeness (QED) is 0.123. The highest BCUT2D eigenvalue weighted by Gasteiger charge is 2.87. The molecule has 0 N–H and O–H groups in total. The third-order valence-electron chi connectivity index (χ3n) is 24.5. The summed E-state index contributed by atoms with van der Waals surface area (Å²) in [6, 6.07) is 93.1. The standard InChI is InChI=1S/C96H76N3/c1-90(2,3)63-37-40-97-57-62-53-94-83-52-78(67-32-20-19-31-66(62)67)74(60-29-17-12-18-30-60)50-81(83)88-46-65(92(7,8)9)39-42-99(88)96(94)85-55-93(56-89(94)96)82-51-77(69-34-22-24-36-71(69)85)73(59-27-15-11-16-28-59)49-80(82)87-45-64(91(4,5)6)38-41-98(87)95(93)54-61-43-84(95)70-35-23-21-33-68(70)76-47-75(61)79(86(97)44-63)48-72(76)58-25-13-10-14-26-58/h10-56H,57H2,1-9H3/q+3/b62-53+. The van der Waals surface area contributed by atoms with Crippen molar-refractivity contribution in [2.24, 2.45) is 0 Å². The van der Waals surface area contributed by atoms with E-state index in [1.165, 1.54) is 178 Å². The molecule has 9 aliphatic rings. The fraction of sp³-hybridized carbons (Fsp3) is 0.177. The van der Waals surface area contributed by atoms with Crippen LogP contribution in [0.1, 0.15) is 112 Å². The van der Waals surface area contributed by atoms with Crippen molar-refractivity contribution in [1.29, 1.82) is 0 Å². The van der Waals surface area contributed by atoms with E-state index in [4.69, 9.17) is 0 Å². The van der Waals surface area contributed by atoms with E-state index in [1.54, 1.807) is 0 Å². The van der Waals surface area contributed by atoms with Crippen molar-refractivity contribution in [2.75, 3.05) is 0 Å². The minimum absolute atomic E-state index is 0.134. The second kappa shape index (κ2) is 19.1. The second-order valence-electron chi connectivity index (χ2n) is 32.7. The van der Waals surface area contributed by atoms with E-state index in [2.05, 4.69) is 362 Å². The van der Waals surface area contributed by atoms with Crippen LogP contribution >= 0.6 is 0 Å². The zero-order valence-electron chi connectivity index (χ0n) is 57.7. The lowest BCUT2D eigenvalue weighted by atomic mass is 9.54. The SMILES string of the molecule is CC(C)(C)c1cc[n+]2c(c1)-c1cc(-c3ccccc3)c3cc1C1=CC4(C(=C1)c1ccccc1-3)[n+]1ccc(C(C)(C)C)cc1-c1cc(-c3ccccc3)c3cc1C41C=C(c4ccccc4-3)C34C(=C1)C31/C=C(\C2)c2ccccc2-c2cc1c(cc2-c1ccccc1)-c1cc(C(C)(C)C)cc[n+]14. The van der Waals surface area contributed by atoms with Gasteiger partial charge in [0.1, 0.15) is 10.8 Å². The van der Waals surface area contributed by atoms with Crippen molar-refractivity contribution in [3.63, 3.8) is 0 Å². The van der Waals surface area contributed by atoms with Gasteiger partial charge in [-0.1, -0.05) is 244 Å². The highest BCUT2D eigenvalue weighted by Crippen LogP contribution is 2.80. The minimum Gasteiger partial charge on any atom is -0.194 e. The van der Waals surface area contributed by atoms with Crippen molar-refractivity contribution < 1.29 is 13.7 Å². The van der Waals surface area contributed by atoms with Crippen LogP contribution in [0.2, 0.25) is 0 Å². The van der Waals surface area contributed by atoms with Crippen molar-refractivity contribution in [1.82, 2.24) is 0 Å². The van der Waals surface area contributed by atoms with Gasteiger partial charge in [0.25, 0.3) is 0 Å². The lowest BCUT2D eigenvalue weighted by Crippen LogP contribution is -2.69. The van der Waals surface area contributed by atoms with E-state index in [0.29, 0.717) is 6.54 Å². The monoisotopic (exact) mass is 1270 g/mol. The zero-order valence-corrected chi connectivity index (χ0v) is 57.7. The molecule has 3 aromatic heterocycles. The topological polar surface area (TPSA) is 11.6 Å². The number of allylic oxidation sites excluding steroid dienone is 10. The van der Waals surface area contributed by atoms with Gasteiger partial charge in [0.2, 0.25) is 28.2 Å². The molecule has 1 saturated carbocycles. The van der Waals surface area contributed by atoms with Crippen LogP contribution in [0.3, 0.4) is 0 Å². The molecule has 472 valence electrons. The Kier molecular flexibility index (Phi) is 11.0.